The molecule has 6 nitrogen and oxygen atoms in total. The number of ether oxygens (including phenoxy) is 2. The van der Waals surface area contributed by atoms with Gasteiger partial charge in [-0.2, -0.15) is 0 Å². The Balaban J connectivity index is 1.97. The fourth-order valence-corrected chi connectivity index (χ4v) is 2.06. The number of nitrogens with one attached hydrogen (secondary N) is 2. The van der Waals surface area contributed by atoms with E-state index in [1.54, 1.807) is 48.5 Å². The predicted octanol–water partition coefficient (Wildman–Crippen LogP) is 2.56. The second-order valence-corrected chi connectivity index (χ2v) is 4.79. The fraction of sp³-hybridized carbons (Fsp3) is 0.222. The Morgan fingerprint density at radius 2 is 1.46 bits per heavy atom. The van der Waals surface area contributed by atoms with Gasteiger partial charge in [0.1, 0.15) is 11.5 Å². The monoisotopic (exact) mass is 328 g/mol. The lowest BCUT2D eigenvalue weighted by Gasteiger charge is -2.11. The molecule has 2 aromatic carbocycles. The van der Waals surface area contributed by atoms with Crippen molar-refractivity contribution in [2.24, 2.45) is 0 Å². The second-order valence-electron chi connectivity index (χ2n) is 4.79. The lowest BCUT2D eigenvalue weighted by atomic mass is 10.2. The summed E-state index contributed by atoms with van der Waals surface area (Å²) in [6, 6.07) is 13.5. The maximum absolute atomic E-state index is 12.2. The number of carbonyl (C=O) groups excluding carboxylic acids is 2. The molecule has 2 rings (SSSR count). The van der Waals surface area contributed by atoms with E-state index in [9.17, 15) is 9.59 Å². The molecule has 126 valence electrons. The molecule has 0 saturated carbocycles. The van der Waals surface area contributed by atoms with Crippen molar-refractivity contribution in [1.29, 1.82) is 0 Å². The fourth-order valence-electron chi connectivity index (χ4n) is 2.06. The van der Waals surface area contributed by atoms with E-state index < -0.39 is 11.8 Å². The van der Waals surface area contributed by atoms with Crippen molar-refractivity contribution in [1.82, 2.24) is 10.9 Å². The zero-order valence-corrected chi connectivity index (χ0v) is 13.7. The topological polar surface area (TPSA) is 76.7 Å². The van der Waals surface area contributed by atoms with Crippen molar-refractivity contribution in [3.8, 4) is 11.5 Å². The van der Waals surface area contributed by atoms with Gasteiger partial charge >= 0.3 is 0 Å². The van der Waals surface area contributed by atoms with Gasteiger partial charge in [0.2, 0.25) is 0 Å². The van der Waals surface area contributed by atoms with Crippen LogP contribution in [0.5, 0.6) is 11.5 Å². The van der Waals surface area contributed by atoms with Crippen LogP contribution in [-0.2, 0) is 0 Å². The summed E-state index contributed by atoms with van der Waals surface area (Å²) in [4.78, 5) is 24.3. The quantitative estimate of drug-likeness (QED) is 0.799. The molecule has 0 spiro atoms. The van der Waals surface area contributed by atoms with E-state index in [1.165, 1.54) is 0 Å². The molecule has 0 saturated heterocycles. The van der Waals surface area contributed by atoms with Crippen LogP contribution in [0, 0.1) is 0 Å². The Morgan fingerprint density at radius 3 is 2.12 bits per heavy atom. The maximum atomic E-state index is 12.2. The van der Waals surface area contributed by atoms with Gasteiger partial charge in [-0.15, -0.1) is 0 Å². The first-order chi connectivity index (χ1) is 11.7. The molecule has 0 bridgehead atoms. The highest BCUT2D eigenvalue weighted by Gasteiger charge is 2.13. The number of hydrazine groups is 1. The highest BCUT2D eigenvalue weighted by molar-refractivity contribution is 6.00. The van der Waals surface area contributed by atoms with Gasteiger partial charge in [-0.3, -0.25) is 20.4 Å². The summed E-state index contributed by atoms with van der Waals surface area (Å²) < 4.78 is 10.7. The minimum Gasteiger partial charge on any atom is -0.494 e. The number of amides is 2. The van der Waals surface area contributed by atoms with Crippen LogP contribution in [0.15, 0.2) is 48.5 Å². The second kappa shape index (κ2) is 8.57. The van der Waals surface area contributed by atoms with Crippen molar-refractivity contribution >= 4 is 11.8 Å². The number of rotatable bonds is 6. The van der Waals surface area contributed by atoms with Gasteiger partial charge in [0.25, 0.3) is 11.8 Å². The summed E-state index contributed by atoms with van der Waals surface area (Å²) in [7, 11) is 0. The molecule has 0 radical (unpaired) electrons. The van der Waals surface area contributed by atoms with Crippen LogP contribution in [0.3, 0.4) is 0 Å². The van der Waals surface area contributed by atoms with Crippen LogP contribution in [0.25, 0.3) is 0 Å². The minimum absolute atomic E-state index is 0.353. The van der Waals surface area contributed by atoms with Crippen LogP contribution in [0.1, 0.15) is 34.6 Å². The molecule has 0 fully saturated rings. The summed E-state index contributed by atoms with van der Waals surface area (Å²) >= 11 is 0. The Labute approximate surface area is 140 Å². The van der Waals surface area contributed by atoms with Crippen LogP contribution in [0.2, 0.25) is 0 Å². The molecule has 2 N–H and O–H groups in total. The Kier molecular flexibility index (Phi) is 6.19. The van der Waals surface area contributed by atoms with Crippen LogP contribution < -0.4 is 20.3 Å². The van der Waals surface area contributed by atoms with Crippen molar-refractivity contribution in [2.75, 3.05) is 13.2 Å². The van der Waals surface area contributed by atoms with Gasteiger partial charge in [-0.05, 0) is 50.2 Å². The van der Waals surface area contributed by atoms with E-state index in [2.05, 4.69) is 10.9 Å². The first-order valence-corrected chi connectivity index (χ1v) is 7.71. The minimum atomic E-state index is -0.446. The highest BCUT2D eigenvalue weighted by atomic mass is 16.5. The lowest BCUT2D eigenvalue weighted by Crippen LogP contribution is -2.41. The van der Waals surface area contributed by atoms with Gasteiger partial charge in [0, 0.05) is 5.56 Å². The summed E-state index contributed by atoms with van der Waals surface area (Å²) in [5.41, 5.74) is 5.54. The van der Waals surface area contributed by atoms with Crippen LogP contribution in [0.4, 0.5) is 0 Å². The SMILES string of the molecule is CCOc1ccc(C(=O)NNC(=O)c2ccccc2OCC)cc1. The lowest BCUT2D eigenvalue weighted by molar-refractivity contribution is 0.0844. The zero-order chi connectivity index (χ0) is 17.4. The maximum Gasteiger partial charge on any atom is 0.273 e. The van der Waals surface area contributed by atoms with Crippen molar-refractivity contribution in [3.63, 3.8) is 0 Å². The van der Waals surface area contributed by atoms with Gasteiger partial charge in [-0.25, -0.2) is 0 Å². The molecular formula is C18H20N2O4. The van der Waals surface area contributed by atoms with Crippen molar-refractivity contribution < 1.29 is 19.1 Å². The summed E-state index contributed by atoms with van der Waals surface area (Å²) in [5, 5.41) is 0. The molecule has 0 aliphatic carbocycles. The molecule has 0 aliphatic rings. The number of hydrogen-bond acceptors (Lipinski definition) is 4. The molecule has 0 heterocycles. The average Bonchev–Trinajstić information content (AvgIpc) is 2.61. The van der Waals surface area contributed by atoms with Crippen LogP contribution >= 0.6 is 0 Å². The van der Waals surface area contributed by atoms with E-state index in [4.69, 9.17) is 9.47 Å². The molecule has 0 aliphatic heterocycles. The first-order valence-electron chi connectivity index (χ1n) is 7.71. The molecule has 0 unspecified atom stereocenters. The third-order valence-corrected chi connectivity index (χ3v) is 3.15. The molecule has 2 amide bonds. The number of hydrogen-bond donors (Lipinski definition) is 2. The van der Waals surface area contributed by atoms with E-state index >= 15 is 0 Å². The number of para-hydroxylation sites is 1. The smallest absolute Gasteiger partial charge is 0.273 e. The first kappa shape index (κ1) is 17.3. The normalized spacial score (nSPS) is 9.92. The highest BCUT2D eigenvalue weighted by Crippen LogP contribution is 2.17. The molecular weight excluding hydrogens is 308 g/mol. The molecule has 0 aromatic heterocycles. The van der Waals surface area contributed by atoms with Crippen molar-refractivity contribution in [3.05, 3.63) is 59.7 Å². The van der Waals surface area contributed by atoms with Crippen molar-refractivity contribution in [2.45, 2.75) is 13.8 Å². The average molecular weight is 328 g/mol. The standard InChI is InChI=1S/C18H20N2O4/c1-3-23-14-11-9-13(10-12-14)17(21)19-20-18(22)15-7-5-6-8-16(15)24-4-2/h5-12H,3-4H2,1-2H3,(H,19,21)(H,20,22). The molecule has 2 aromatic rings. The van der Waals surface area contributed by atoms with E-state index in [0.29, 0.717) is 35.8 Å². The molecule has 6 heteroatoms. The number of benzene rings is 2. The van der Waals surface area contributed by atoms with E-state index in [-0.39, 0.29) is 0 Å². The Hall–Kier alpha value is -3.02. The summed E-state index contributed by atoms with van der Waals surface area (Å²) in [6.07, 6.45) is 0. The van der Waals surface area contributed by atoms with Gasteiger partial charge in [0.05, 0.1) is 18.8 Å². The summed E-state index contributed by atoms with van der Waals surface area (Å²) in [5.74, 6) is 0.287. The zero-order valence-electron chi connectivity index (χ0n) is 13.7. The summed E-state index contributed by atoms with van der Waals surface area (Å²) in [6.45, 7) is 4.72. The predicted molar refractivity (Wildman–Crippen MR) is 90.2 cm³/mol. The Bertz CT molecular complexity index is 698. The van der Waals surface area contributed by atoms with E-state index in [1.807, 2.05) is 13.8 Å². The van der Waals surface area contributed by atoms with Gasteiger partial charge in [-0.1, -0.05) is 12.1 Å². The van der Waals surface area contributed by atoms with E-state index in [0.717, 1.165) is 0 Å². The number of carbonyl (C=O) groups is 2. The largest absolute Gasteiger partial charge is 0.494 e. The van der Waals surface area contributed by atoms with Gasteiger partial charge < -0.3 is 9.47 Å². The molecule has 0 atom stereocenters. The van der Waals surface area contributed by atoms with Crippen LogP contribution in [-0.4, -0.2) is 25.0 Å². The third-order valence-electron chi connectivity index (χ3n) is 3.15. The Morgan fingerprint density at radius 1 is 0.833 bits per heavy atom. The van der Waals surface area contributed by atoms with Gasteiger partial charge in [0.15, 0.2) is 0 Å². The third kappa shape index (κ3) is 4.49. The molecule has 24 heavy (non-hydrogen) atoms.